The highest BCUT2D eigenvalue weighted by atomic mass is 35.5. The molecule has 0 spiro atoms. The number of H-pyrrole nitrogens is 1. The molecule has 0 bridgehead atoms. The maximum absolute atomic E-state index is 14.0. The Morgan fingerprint density at radius 3 is 2.92 bits per heavy atom. The largest absolute Gasteiger partial charge is 0.359 e. The Balaban J connectivity index is 1.71. The van der Waals surface area contributed by atoms with Gasteiger partial charge in [0.25, 0.3) is 0 Å². The summed E-state index contributed by atoms with van der Waals surface area (Å²) in [4.78, 5) is 12.2. The van der Waals surface area contributed by atoms with Crippen LogP contribution >= 0.6 is 11.6 Å². The van der Waals surface area contributed by atoms with Gasteiger partial charge in [-0.1, -0.05) is 23.7 Å². The minimum atomic E-state index is -0.301. The Labute approximate surface area is 143 Å². The SMILES string of the molecule is Fc1cc(Cl)ccc1Cc1ccc2[nH]cc(C3=CCN=CC3)c2n1. The van der Waals surface area contributed by atoms with Crippen LogP contribution in [0.25, 0.3) is 16.6 Å². The summed E-state index contributed by atoms with van der Waals surface area (Å²) < 4.78 is 14.0. The van der Waals surface area contributed by atoms with Gasteiger partial charge in [0, 0.05) is 41.5 Å². The van der Waals surface area contributed by atoms with Gasteiger partial charge < -0.3 is 4.98 Å². The molecule has 24 heavy (non-hydrogen) atoms. The van der Waals surface area contributed by atoms with Crippen molar-refractivity contribution < 1.29 is 4.39 Å². The first-order chi connectivity index (χ1) is 11.7. The van der Waals surface area contributed by atoms with Crippen LogP contribution in [0, 0.1) is 5.82 Å². The average Bonchev–Trinajstić information content (AvgIpc) is 3.01. The Morgan fingerprint density at radius 1 is 1.21 bits per heavy atom. The van der Waals surface area contributed by atoms with E-state index in [1.807, 2.05) is 24.5 Å². The van der Waals surface area contributed by atoms with Gasteiger partial charge in [0.2, 0.25) is 0 Å². The Bertz CT molecular complexity index is 972. The number of nitrogens with one attached hydrogen (secondary N) is 1. The van der Waals surface area contributed by atoms with Crippen LogP contribution in [-0.4, -0.2) is 22.7 Å². The summed E-state index contributed by atoms with van der Waals surface area (Å²) in [6.45, 7) is 0.706. The van der Waals surface area contributed by atoms with Crippen molar-refractivity contribution in [2.75, 3.05) is 6.54 Å². The second-order valence-corrected chi connectivity index (χ2v) is 6.23. The van der Waals surface area contributed by atoms with Crippen molar-refractivity contribution >= 4 is 34.4 Å². The van der Waals surface area contributed by atoms with Crippen LogP contribution < -0.4 is 0 Å². The Morgan fingerprint density at radius 2 is 2.12 bits per heavy atom. The zero-order valence-corrected chi connectivity index (χ0v) is 13.6. The standard InChI is InChI=1S/C19H15ClFN3/c20-14-2-1-13(17(21)10-14)9-15-3-4-18-19(24-15)16(11-23-18)12-5-7-22-8-6-12/h1-5,8,10-11,23H,6-7,9H2. The molecule has 0 saturated heterocycles. The fourth-order valence-electron chi connectivity index (χ4n) is 2.95. The first kappa shape index (κ1) is 15.1. The number of benzene rings is 1. The molecular formula is C19H15ClFN3. The number of aliphatic imine (C=N–C) groups is 1. The highest BCUT2D eigenvalue weighted by molar-refractivity contribution is 6.30. The molecule has 3 nitrogen and oxygen atoms in total. The molecule has 0 aliphatic carbocycles. The minimum Gasteiger partial charge on any atom is -0.359 e. The third-order valence-electron chi connectivity index (χ3n) is 4.20. The summed E-state index contributed by atoms with van der Waals surface area (Å²) in [5.74, 6) is -0.301. The normalized spacial score (nSPS) is 14.2. The number of hydrogen-bond acceptors (Lipinski definition) is 2. The van der Waals surface area contributed by atoms with E-state index in [0.717, 1.165) is 28.7 Å². The predicted octanol–water partition coefficient (Wildman–Crippen LogP) is 4.80. The van der Waals surface area contributed by atoms with Crippen LogP contribution in [-0.2, 0) is 6.42 Å². The van der Waals surface area contributed by atoms with Crippen molar-refractivity contribution in [3.05, 3.63) is 70.3 Å². The number of pyridine rings is 1. The zero-order valence-electron chi connectivity index (χ0n) is 12.9. The van der Waals surface area contributed by atoms with Crippen LogP contribution in [0.15, 0.2) is 47.6 Å². The molecule has 2 aromatic heterocycles. The maximum Gasteiger partial charge on any atom is 0.128 e. The summed E-state index contributed by atoms with van der Waals surface area (Å²) >= 11 is 5.81. The van der Waals surface area contributed by atoms with Crippen molar-refractivity contribution in [3.8, 4) is 0 Å². The average molecular weight is 340 g/mol. The number of allylic oxidation sites excluding steroid dienone is 1. The number of aromatic nitrogens is 2. The number of dihydropyridines is 1. The second-order valence-electron chi connectivity index (χ2n) is 5.79. The van der Waals surface area contributed by atoms with E-state index in [-0.39, 0.29) is 5.82 Å². The van der Waals surface area contributed by atoms with Gasteiger partial charge in [-0.2, -0.15) is 0 Å². The number of nitrogens with zero attached hydrogens (tertiary/aromatic N) is 2. The smallest absolute Gasteiger partial charge is 0.128 e. The number of rotatable bonds is 3. The molecule has 1 aliphatic rings. The molecule has 4 rings (SSSR count). The van der Waals surface area contributed by atoms with Gasteiger partial charge in [-0.15, -0.1) is 0 Å². The quantitative estimate of drug-likeness (QED) is 0.731. The van der Waals surface area contributed by atoms with E-state index in [1.54, 1.807) is 12.1 Å². The third-order valence-corrected chi connectivity index (χ3v) is 4.43. The Hall–Kier alpha value is -2.46. The lowest BCUT2D eigenvalue weighted by atomic mass is 10.0. The van der Waals surface area contributed by atoms with E-state index in [2.05, 4.69) is 16.1 Å². The van der Waals surface area contributed by atoms with Crippen LogP contribution in [0.4, 0.5) is 4.39 Å². The van der Waals surface area contributed by atoms with E-state index in [1.165, 1.54) is 11.6 Å². The molecule has 0 fully saturated rings. The van der Waals surface area contributed by atoms with Gasteiger partial charge in [0.1, 0.15) is 5.82 Å². The molecule has 0 radical (unpaired) electrons. The summed E-state index contributed by atoms with van der Waals surface area (Å²) in [6, 6.07) is 8.66. The lowest BCUT2D eigenvalue weighted by Crippen LogP contribution is -1.97. The summed E-state index contributed by atoms with van der Waals surface area (Å²) in [5.41, 5.74) is 5.63. The zero-order chi connectivity index (χ0) is 16.5. The monoisotopic (exact) mass is 339 g/mol. The molecule has 1 N–H and O–H groups in total. The van der Waals surface area contributed by atoms with Crippen molar-refractivity contribution in [3.63, 3.8) is 0 Å². The summed E-state index contributed by atoms with van der Waals surface area (Å²) in [7, 11) is 0. The molecule has 120 valence electrons. The van der Waals surface area contributed by atoms with Crippen molar-refractivity contribution in [2.45, 2.75) is 12.8 Å². The molecular weight excluding hydrogens is 325 g/mol. The summed E-state index contributed by atoms with van der Waals surface area (Å²) in [5, 5.41) is 0.401. The third kappa shape index (κ3) is 2.85. The van der Waals surface area contributed by atoms with E-state index >= 15 is 0 Å². The minimum absolute atomic E-state index is 0.301. The molecule has 0 unspecified atom stereocenters. The first-order valence-corrected chi connectivity index (χ1v) is 8.17. The van der Waals surface area contributed by atoms with Gasteiger partial charge in [-0.3, -0.25) is 9.98 Å². The molecule has 0 saturated carbocycles. The molecule has 3 aromatic rings. The molecule has 3 heterocycles. The maximum atomic E-state index is 14.0. The number of hydrogen-bond donors (Lipinski definition) is 1. The lowest BCUT2D eigenvalue weighted by molar-refractivity contribution is 0.613. The van der Waals surface area contributed by atoms with Gasteiger partial charge >= 0.3 is 0 Å². The second kappa shape index (κ2) is 6.21. The van der Waals surface area contributed by atoms with Crippen molar-refractivity contribution in [1.82, 2.24) is 9.97 Å². The number of fused-ring (bicyclic) bond motifs is 1. The van der Waals surface area contributed by atoms with Crippen LogP contribution in [0.3, 0.4) is 0 Å². The van der Waals surface area contributed by atoms with Crippen LogP contribution in [0.1, 0.15) is 23.2 Å². The fourth-order valence-corrected chi connectivity index (χ4v) is 3.11. The highest BCUT2D eigenvalue weighted by Gasteiger charge is 2.12. The van der Waals surface area contributed by atoms with Gasteiger partial charge in [-0.25, -0.2) is 4.39 Å². The molecule has 0 atom stereocenters. The number of halogens is 2. The van der Waals surface area contributed by atoms with E-state index in [0.29, 0.717) is 23.6 Å². The number of aromatic amines is 1. The van der Waals surface area contributed by atoms with E-state index in [9.17, 15) is 4.39 Å². The van der Waals surface area contributed by atoms with E-state index < -0.39 is 0 Å². The summed E-state index contributed by atoms with van der Waals surface area (Å²) in [6.07, 6.45) is 7.28. The predicted molar refractivity (Wildman–Crippen MR) is 96.3 cm³/mol. The van der Waals surface area contributed by atoms with Crippen molar-refractivity contribution in [1.29, 1.82) is 0 Å². The Kier molecular flexibility index (Phi) is 3.90. The topological polar surface area (TPSA) is 41.0 Å². The van der Waals surface area contributed by atoms with Crippen LogP contribution in [0.2, 0.25) is 5.02 Å². The van der Waals surface area contributed by atoms with Gasteiger partial charge in [0.05, 0.1) is 17.6 Å². The van der Waals surface area contributed by atoms with Crippen molar-refractivity contribution in [2.24, 2.45) is 4.99 Å². The molecule has 0 amide bonds. The lowest BCUT2D eigenvalue weighted by Gasteiger charge is -2.08. The molecule has 5 heteroatoms. The van der Waals surface area contributed by atoms with Gasteiger partial charge in [-0.05, 0) is 35.4 Å². The fraction of sp³-hybridized carbons (Fsp3) is 0.158. The van der Waals surface area contributed by atoms with Gasteiger partial charge in [0.15, 0.2) is 0 Å². The first-order valence-electron chi connectivity index (χ1n) is 7.79. The molecule has 1 aromatic carbocycles. The highest BCUT2D eigenvalue weighted by Crippen LogP contribution is 2.27. The molecule has 1 aliphatic heterocycles. The van der Waals surface area contributed by atoms with Crippen LogP contribution in [0.5, 0.6) is 0 Å². The van der Waals surface area contributed by atoms with E-state index in [4.69, 9.17) is 16.6 Å².